The van der Waals surface area contributed by atoms with Crippen molar-refractivity contribution in [1.29, 1.82) is 0 Å². The summed E-state index contributed by atoms with van der Waals surface area (Å²) in [5.74, 6) is 0.596. The van der Waals surface area contributed by atoms with Gasteiger partial charge in [0.15, 0.2) is 0 Å². The number of halogens is 3. The molecule has 0 amide bonds. The van der Waals surface area contributed by atoms with Crippen molar-refractivity contribution < 1.29 is 13.2 Å². The third-order valence-electron chi connectivity index (χ3n) is 2.58. The smallest absolute Gasteiger partial charge is 0.359 e. The number of hydrogen-bond donors (Lipinski definition) is 1. The van der Waals surface area contributed by atoms with Crippen LogP contribution in [0.1, 0.15) is 17.5 Å². The summed E-state index contributed by atoms with van der Waals surface area (Å²) in [6, 6.07) is 1.93. The van der Waals surface area contributed by atoms with Crippen LogP contribution in [0.5, 0.6) is 0 Å². The zero-order chi connectivity index (χ0) is 13.8. The van der Waals surface area contributed by atoms with Gasteiger partial charge in [-0.15, -0.1) is 0 Å². The molecule has 0 aromatic carbocycles. The fourth-order valence-electron chi connectivity index (χ4n) is 1.73. The summed E-state index contributed by atoms with van der Waals surface area (Å²) in [7, 11) is 3.46. The van der Waals surface area contributed by atoms with Gasteiger partial charge in [-0.25, -0.2) is 4.98 Å². The normalized spacial score (nSPS) is 11.7. The first-order chi connectivity index (χ1) is 8.33. The van der Waals surface area contributed by atoms with E-state index in [0.29, 0.717) is 12.4 Å². The number of nitrogens with zero attached hydrogens (tertiary/aromatic N) is 2. The summed E-state index contributed by atoms with van der Waals surface area (Å²) in [6.45, 7) is 2.47. The Morgan fingerprint density at radius 3 is 2.56 bits per heavy atom. The van der Waals surface area contributed by atoms with Gasteiger partial charge in [0.05, 0.1) is 6.42 Å². The Balaban J connectivity index is 2.71. The highest BCUT2D eigenvalue weighted by molar-refractivity contribution is 5.46. The van der Waals surface area contributed by atoms with E-state index >= 15 is 0 Å². The first kappa shape index (κ1) is 14.8. The highest BCUT2D eigenvalue weighted by Crippen LogP contribution is 2.22. The van der Waals surface area contributed by atoms with Crippen LogP contribution in [0.3, 0.4) is 0 Å². The molecule has 102 valence electrons. The molecule has 0 aliphatic heterocycles. The van der Waals surface area contributed by atoms with Crippen molar-refractivity contribution >= 4 is 5.82 Å². The van der Waals surface area contributed by atoms with Crippen LogP contribution in [0.25, 0.3) is 0 Å². The SMILES string of the molecule is CNCc1cnc(N(C)CCC(F)(F)F)c(C)c1. The molecule has 0 fully saturated rings. The van der Waals surface area contributed by atoms with Crippen LogP contribution in [0.2, 0.25) is 0 Å². The molecule has 0 bridgehead atoms. The molecule has 18 heavy (non-hydrogen) atoms. The molecule has 1 heterocycles. The second kappa shape index (κ2) is 6.04. The van der Waals surface area contributed by atoms with Crippen LogP contribution < -0.4 is 10.2 Å². The first-order valence-electron chi connectivity index (χ1n) is 5.71. The van der Waals surface area contributed by atoms with E-state index < -0.39 is 12.6 Å². The molecule has 0 aliphatic carbocycles. The predicted octanol–water partition coefficient (Wildman–Crippen LogP) is 2.50. The monoisotopic (exact) mass is 261 g/mol. The van der Waals surface area contributed by atoms with Gasteiger partial charge >= 0.3 is 6.18 Å². The second-order valence-corrected chi connectivity index (χ2v) is 4.30. The molecule has 0 aliphatic rings. The first-order valence-corrected chi connectivity index (χ1v) is 5.71. The maximum Gasteiger partial charge on any atom is 0.390 e. The minimum atomic E-state index is -4.13. The standard InChI is InChI=1S/C12H18F3N3/c1-9-6-10(7-16-2)8-17-11(9)18(3)5-4-12(13,14)15/h6,8,16H,4-5,7H2,1-3H3. The van der Waals surface area contributed by atoms with E-state index in [1.165, 1.54) is 4.90 Å². The summed E-state index contributed by atoms with van der Waals surface area (Å²) in [4.78, 5) is 5.75. The largest absolute Gasteiger partial charge is 0.390 e. The average molecular weight is 261 g/mol. The minimum Gasteiger partial charge on any atom is -0.359 e. The lowest BCUT2D eigenvalue weighted by Gasteiger charge is -2.21. The Hall–Kier alpha value is -1.30. The lowest BCUT2D eigenvalue weighted by atomic mass is 10.2. The zero-order valence-corrected chi connectivity index (χ0v) is 10.8. The number of nitrogens with one attached hydrogen (secondary N) is 1. The van der Waals surface area contributed by atoms with Gasteiger partial charge in [0.25, 0.3) is 0 Å². The molecule has 0 spiro atoms. The second-order valence-electron chi connectivity index (χ2n) is 4.30. The van der Waals surface area contributed by atoms with Gasteiger partial charge in [0.1, 0.15) is 5.82 Å². The number of anilines is 1. The summed E-state index contributed by atoms with van der Waals surface area (Å²) in [6.07, 6.45) is -3.28. The zero-order valence-electron chi connectivity index (χ0n) is 10.8. The van der Waals surface area contributed by atoms with Crippen molar-refractivity contribution in [2.24, 2.45) is 0 Å². The van der Waals surface area contributed by atoms with Gasteiger partial charge in [0, 0.05) is 26.3 Å². The maximum atomic E-state index is 12.1. The molecule has 3 nitrogen and oxygen atoms in total. The molecule has 0 unspecified atom stereocenters. The Kier molecular flexibility index (Phi) is 4.95. The van der Waals surface area contributed by atoms with E-state index in [0.717, 1.165) is 11.1 Å². The van der Waals surface area contributed by atoms with E-state index in [9.17, 15) is 13.2 Å². The Labute approximate surface area is 105 Å². The molecule has 1 aromatic heterocycles. The van der Waals surface area contributed by atoms with Gasteiger partial charge in [-0.1, -0.05) is 0 Å². The quantitative estimate of drug-likeness (QED) is 0.882. The van der Waals surface area contributed by atoms with Crippen LogP contribution in [-0.4, -0.2) is 31.8 Å². The summed E-state index contributed by atoms with van der Waals surface area (Å²) in [5, 5.41) is 3.00. The van der Waals surface area contributed by atoms with Gasteiger partial charge in [-0.05, 0) is 31.2 Å². The molecule has 1 aromatic rings. The van der Waals surface area contributed by atoms with Crippen molar-refractivity contribution in [2.45, 2.75) is 26.1 Å². The topological polar surface area (TPSA) is 28.2 Å². The Morgan fingerprint density at radius 1 is 1.39 bits per heavy atom. The van der Waals surface area contributed by atoms with Crippen LogP contribution in [0.4, 0.5) is 19.0 Å². The van der Waals surface area contributed by atoms with E-state index in [1.807, 2.05) is 20.0 Å². The predicted molar refractivity (Wildman–Crippen MR) is 65.7 cm³/mol. The summed E-state index contributed by atoms with van der Waals surface area (Å²) >= 11 is 0. The molecule has 0 atom stereocenters. The van der Waals surface area contributed by atoms with Gasteiger partial charge in [0.2, 0.25) is 0 Å². The van der Waals surface area contributed by atoms with Crippen molar-refractivity contribution in [2.75, 3.05) is 25.5 Å². The Morgan fingerprint density at radius 2 is 2.06 bits per heavy atom. The van der Waals surface area contributed by atoms with Gasteiger partial charge in [-0.2, -0.15) is 13.2 Å². The molecule has 6 heteroatoms. The molecule has 0 saturated carbocycles. The molecule has 1 rings (SSSR count). The fourth-order valence-corrected chi connectivity index (χ4v) is 1.73. The summed E-state index contributed by atoms with van der Waals surface area (Å²) in [5.41, 5.74) is 1.90. The number of aromatic nitrogens is 1. The van der Waals surface area contributed by atoms with Gasteiger partial charge in [-0.3, -0.25) is 0 Å². The van der Waals surface area contributed by atoms with Crippen LogP contribution >= 0.6 is 0 Å². The van der Waals surface area contributed by atoms with Crippen molar-refractivity contribution in [3.05, 3.63) is 23.4 Å². The third-order valence-corrected chi connectivity index (χ3v) is 2.58. The Bertz CT molecular complexity index is 391. The lowest BCUT2D eigenvalue weighted by Crippen LogP contribution is -2.25. The maximum absolute atomic E-state index is 12.1. The number of rotatable bonds is 5. The molecule has 1 N–H and O–H groups in total. The highest BCUT2D eigenvalue weighted by atomic mass is 19.4. The van der Waals surface area contributed by atoms with Gasteiger partial charge < -0.3 is 10.2 Å². The molecular weight excluding hydrogens is 243 g/mol. The van der Waals surface area contributed by atoms with Crippen molar-refractivity contribution in [1.82, 2.24) is 10.3 Å². The third kappa shape index (κ3) is 4.52. The van der Waals surface area contributed by atoms with Crippen molar-refractivity contribution in [3.8, 4) is 0 Å². The number of pyridine rings is 1. The lowest BCUT2D eigenvalue weighted by molar-refractivity contribution is -0.132. The van der Waals surface area contributed by atoms with Crippen molar-refractivity contribution in [3.63, 3.8) is 0 Å². The molecule has 0 saturated heterocycles. The van der Waals surface area contributed by atoms with Crippen LogP contribution in [0, 0.1) is 6.92 Å². The van der Waals surface area contributed by atoms with E-state index in [-0.39, 0.29) is 6.54 Å². The average Bonchev–Trinajstić information content (AvgIpc) is 2.25. The van der Waals surface area contributed by atoms with Crippen LogP contribution in [0.15, 0.2) is 12.3 Å². The summed E-state index contributed by atoms with van der Waals surface area (Å²) < 4.78 is 36.4. The van der Waals surface area contributed by atoms with E-state index in [1.54, 1.807) is 13.2 Å². The number of hydrogen-bond acceptors (Lipinski definition) is 3. The number of aryl methyl sites for hydroxylation is 1. The van der Waals surface area contributed by atoms with E-state index in [2.05, 4.69) is 10.3 Å². The molecular formula is C12H18F3N3. The highest BCUT2D eigenvalue weighted by Gasteiger charge is 2.27. The number of alkyl halides is 3. The minimum absolute atomic E-state index is 0.0806. The molecule has 0 radical (unpaired) electrons. The van der Waals surface area contributed by atoms with Crippen LogP contribution in [-0.2, 0) is 6.54 Å². The van der Waals surface area contributed by atoms with E-state index in [4.69, 9.17) is 0 Å². The fraction of sp³-hybridized carbons (Fsp3) is 0.583.